The van der Waals surface area contributed by atoms with E-state index >= 15 is 0 Å². The molecule has 3 unspecified atom stereocenters. The van der Waals surface area contributed by atoms with Gasteiger partial charge in [0.05, 0.1) is 52.9 Å². The van der Waals surface area contributed by atoms with Crippen molar-refractivity contribution >= 4 is 7.82 Å². The van der Waals surface area contributed by atoms with Crippen molar-refractivity contribution in [1.29, 1.82) is 0 Å². The Balaban J connectivity index is 1.12. The van der Waals surface area contributed by atoms with Gasteiger partial charge in [0.1, 0.15) is 134 Å². The molecule has 0 spiro atoms. The standard InChI is InChI=1S/C35H64NO31P/c37-3-10(39)5-62-68(55,56)61-2-1-36-31-26(50)21(45)17(41)12(63-31)6-57-33-28(52)23(47)19(43)14(65-33)8-59-35-30(54)25(49)20(44)15(67-35)9-60-34-29(53)24(48)18(42)13(66-34)7-58-32-27(51)22(46)16(40)11(4-38)64-32/h10-54H,1-9H2,(H,55,56)/t10?,11-,12-,13-,14-,15-,16-,17-,18-,19-,20-,21+,22+,23+,24+,25+,26-,27-,28-,29-,30-,31?,32+,33+,34+,35+/m1/s1. The zero-order valence-corrected chi connectivity index (χ0v) is 36.6. The van der Waals surface area contributed by atoms with Gasteiger partial charge in [-0.1, -0.05) is 0 Å². The van der Waals surface area contributed by atoms with Crippen LogP contribution in [-0.2, 0) is 56.2 Å². The minimum absolute atomic E-state index is 0.323. The lowest BCUT2D eigenvalue weighted by Gasteiger charge is -2.44. The van der Waals surface area contributed by atoms with E-state index in [-0.39, 0.29) is 6.54 Å². The van der Waals surface area contributed by atoms with E-state index in [4.69, 9.17) is 52.3 Å². The maximum atomic E-state index is 11.9. The first-order valence-corrected chi connectivity index (χ1v) is 22.7. The molecule has 0 bridgehead atoms. The third kappa shape index (κ3) is 14.2. The van der Waals surface area contributed by atoms with Crippen molar-refractivity contribution in [3.63, 3.8) is 0 Å². The van der Waals surface area contributed by atoms with Gasteiger partial charge >= 0.3 is 7.82 Å². The van der Waals surface area contributed by atoms with Crippen LogP contribution in [-0.4, -0.2) is 316 Å². The van der Waals surface area contributed by atoms with Gasteiger partial charge in [0.2, 0.25) is 0 Å². The molecule has 0 aromatic heterocycles. The van der Waals surface area contributed by atoms with Gasteiger partial charge in [-0.25, -0.2) is 4.57 Å². The van der Waals surface area contributed by atoms with Gasteiger partial charge in [0.25, 0.3) is 0 Å². The Morgan fingerprint density at radius 3 is 1.12 bits per heavy atom. The van der Waals surface area contributed by atoms with E-state index in [1.54, 1.807) is 0 Å². The van der Waals surface area contributed by atoms with E-state index in [9.17, 15) is 96.3 Å². The summed E-state index contributed by atoms with van der Waals surface area (Å²) in [6.07, 6.45) is -46.0. The molecule has 0 aromatic carbocycles. The molecule has 400 valence electrons. The Hall–Kier alpha value is -1.01. The molecular formula is C35H64NO31P. The fourth-order valence-corrected chi connectivity index (χ4v) is 8.19. The molecule has 0 radical (unpaired) electrons. The summed E-state index contributed by atoms with van der Waals surface area (Å²) in [5, 5.41) is 187. The van der Waals surface area contributed by atoms with Crippen molar-refractivity contribution in [1.82, 2.24) is 5.32 Å². The molecule has 5 heterocycles. The Bertz CT molecular complexity index is 1550. The topological polar surface area (TPSA) is 515 Å². The van der Waals surface area contributed by atoms with Crippen LogP contribution < -0.4 is 5.32 Å². The molecule has 5 aliphatic heterocycles. The summed E-state index contributed by atoms with van der Waals surface area (Å²) in [6.45, 7) is -6.10. The van der Waals surface area contributed by atoms with Gasteiger partial charge < -0.3 is 139 Å². The van der Waals surface area contributed by atoms with Crippen LogP contribution in [0, 0.1) is 0 Å². The summed E-state index contributed by atoms with van der Waals surface area (Å²) in [5.74, 6) is 0. The second kappa shape index (κ2) is 25.8. The summed E-state index contributed by atoms with van der Waals surface area (Å²) in [7, 11) is -4.68. The van der Waals surface area contributed by atoms with Crippen molar-refractivity contribution in [3.8, 4) is 0 Å². The van der Waals surface area contributed by atoms with Gasteiger partial charge in [-0.3, -0.25) is 14.4 Å². The first-order chi connectivity index (χ1) is 32.0. The highest BCUT2D eigenvalue weighted by atomic mass is 31.2. The van der Waals surface area contributed by atoms with Crippen molar-refractivity contribution in [2.45, 2.75) is 160 Å². The minimum atomic E-state index is -4.68. The highest BCUT2D eigenvalue weighted by Gasteiger charge is 2.51. The molecule has 0 saturated carbocycles. The van der Waals surface area contributed by atoms with E-state index in [2.05, 4.69) is 9.84 Å². The number of nitrogens with one attached hydrogen (secondary N) is 1. The molecule has 5 rings (SSSR count). The quantitative estimate of drug-likeness (QED) is 0.0354. The van der Waals surface area contributed by atoms with Crippen LogP contribution in [0.3, 0.4) is 0 Å². The van der Waals surface area contributed by atoms with Crippen molar-refractivity contribution in [3.05, 3.63) is 0 Å². The number of rotatable bonds is 22. The third-order valence-electron chi connectivity index (χ3n) is 11.6. The Morgan fingerprint density at radius 1 is 0.441 bits per heavy atom. The van der Waals surface area contributed by atoms with E-state index in [0.29, 0.717) is 0 Å². The second-order valence-electron chi connectivity index (χ2n) is 16.5. The van der Waals surface area contributed by atoms with Crippen LogP contribution in [0.1, 0.15) is 0 Å². The van der Waals surface area contributed by atoms with Gasteiger partial charge in [-0.15, -0.1) is 0 Å². The molecule has 5 saturated heterocycles. The third-order valence-corrected chi connectivity index (χ3v) is 12.6. The molecule has 5 aliphatic rings. The lowest BCUT2D eigenvalue weighted by Crippen LogP contribution is -2.64. The average molecular weight is 1030 g/mol. The summed E-state index contributed by atoms with van der Waals surface area (Å²) in [5.41, 5.74) is 0. The van der Waals surface area contributed by atoms with E-state index < -0.39 is 220 Å². The van der Waals surface area contributed by atoms with E-state index in [1.807, 2.05) is 0 Å². The molecule has 20 N–H and O–H groups in total. The fraction of sp³-hybridized carbons (Fsp3) is 1.00. The number of hydrogen-bond acceptors (Lipinski definition) is 31. The SMILES string of the molecule is O=P(O)(OCCNC1O[C@H](CO[C@H]2O[C@H](CO[C@H]3O[C@H](CO[C@H]4O[C@H](CO[C@H]5O[C@H](CO)[C@@H](O)[C@H](O)[C@H]5O)[C@@H](O)[C@H](O)[C@H]4O)[C@@H](O)[C@H](O)[C@H]3O)[C@@H](O)[C@H](O)[C@H]2O)[C@@H](O)[C@H](O)[C@H]1O)OCC(O)CO. The Morgan fingerprint density at radius 2 is 0.765 bits per heavy atom. The van der Waals surface area contributed by atoms with Crippen molar-refractivity contribution in [2.75, 3.05) is 59.4 Å². The average Bonchev–Trinajstić information content (AvgIpc) is 3.32. The molecule has 0 amide bonds. The molecule has 0 aromatic rings. The Kier molecular flexibility index (Phi) is 21.9. The number of phosphoric acid groups is 1. The van der Waals surface area contributed by atoms with Crippen molar-refractivity contribution < 1.29 is 153 Å². The number of aliphatic hydroxyl groups is 18. The fourth-order valence-electron chi connectivity index (χ4n) is 7.43. The summed E-state index contributed by atoms with van der Waals surface area (Å²) in [4.78, 5) is 9.69. The predicted molar refractivity (Wildman–Crippen MR) is 207 cm³/mol. The maximum absolute atomic E-state index is 11.9. The lowest BCUT2D eigenvalue weighted by atomic mass is 9.97. The van der Waals surface area contributed by atoms with Gasteiger partial charge in [0, 0.05) is 6.54 Å². The van der Waals surface area contributed by atoms with Crippen molar-refractivity contribution in [2.24, 2.45) is 0 Å². The lowest BCUT2D eigenvalue weighted by molar-refractivity contribution is -0.349. The second-order valence-corrected chi connectivity index (χ2v) is 18.0. The van der Waals surface area contributed by atoms with E-state index in [1.165, 1.54) is 0 Å². The summed E-state index contributed by atoms with van der Waals surface area (Å²) >= 11 is 0. The van der Waals surface area contributed by atoms with Gasteiger partial charge in [0.15, 0.2) is 25.2 Å². The predicted octanol–water partition coefficient (Wildman–Crippen LogP) is -12.8. The largest absolute Gasteiger partial charge is 0.472 e. The normalized spacial score (nSPS) is 47.4. The molecule has 0 aliphatic carbocycles. The first-order valence-electron chi connectivity index (χ1n) is 21.2. The van der Waals surface area contributed by atoms with Crippen LogP contribution in [0.15, 0.2) is 0 Å². The Labute approximate surface area is 385 Å². The summed E-state index contributed by atoms with van der Waals surface area (Å²) in [6, 6.07) is 0. The number of ether oxygens (including phenoxy) is 9. The maximum Gasteiger partial charge on any atom is 0.472 e. The molecule has 32 nitrogen and oxygen atoms in total. The highest BCUT2D eigenvalue weighted by molar-refractivity contribution is 7.47. The number of aliphatic hydroxyl groups excluding tert-OH is 18. The molecule has 5 fully saturated rings. The zero-order valence-electron chi connectivity index (χ0n) is 35.7. The molecule has 68 heavy (non-hydrogen) atoms. The zero-order chi connectivity index (χ0) is 50.4. The first kappa shape index (κ1) is 57.9. The minimum Gasteiger partial charge on any atom is -0.394 e. The smallest absolute Gasteiger partial charge is 0.394 e. The molecular weight excluding hydrogens is 961 g/mol. The van der Waals surface area contributed by atoms with Crippen LogP contribution in [0.2, 0.25) is 0 Å². The monoisotopic (exact) mass is 1030 g/mol. The van der Waals surface area contributed by atoms with E-state index in [0.717, 1.165) is 0 Å². The summed E-state index contributed by atoms with van der Waals surface area (Å²) < 4.78 is 70.6. The number of phosphoric ester groups is 1. The van der Waals surface area contributed by atoms with Gasteiger partial charge in [-0.2, -0.15) is 0 Å². The molecule has 33 heteroatoms. The number of hydrogen-bond donors (Lipinski definition) is 20. The van der Waals surface area contributed by atoms with Crippen LogP contribution >= 0.6 is 7.82 Å². The van der Waals surface area contributed by atoms with Crippen LogP contribution in [0.5, 0.6) is 0 Å². The molecule has 27 atom stereocenters. The van der Waals surface area contributed by atoms with Crippen LogP contribution in [0.4, 0.5) is 0 Å². The highest BCUT2D eigenvalue weighted by Crippen LogP contribution is 2.43. The van der Waals surface area contributed by atoms with Crippen LogP contribution in [0.25, 0.3) is 0 Å². The van der Waals surface area contributed by atoms with Gasteiger partial charge in [-0.05, 0) is 0 Å².